The lowest BCUT2D eigenvalue weighted by Gasteiger charge is -2.54. The number of aryl methyl sites for hydroxylation is 1. The van der Waals surface area contributed by atoms with E-state index in [0.29, 0.717) is 75.1 Å². The summed E-state index contributed by atoms with van der Waals surface area (Å²) in [6.07, 6.45) is -3.12. The number of fused-ring (bicyclic) bond motifs is 2. The van der Waals surface area contributed by atoms with Gasteiger partial charge in [0.1, 0.15) is 17.9 Å². The summed E-state index contributed by atoms with van der Waals surface area (Å²) in [7, 11) is 0. The van der Waals surface area contributed by atoms with Crippen LogP contribution in [0.1, 0.15) is 42.7 Å². The second-order valence-electron chi connectivity index (χ2n) is 16.1. The number of alkyl halides is 6. The molecule has 1 aliphatic carbocycles. The number of H-pyrrole nitrogens is 1. The van der Waals surface area contributed by atoms with E-state index in [-0.39, 0.29) is 34.5 Å². The Bertz CT molecular complexity index is 2180. The number of rotatable bonds is 10. The molecule has 0 atom stereocenters. The Morgan fingerprint density at radius 3 is 2.34 bits per heavy atom. The van der Waals surface area contributed by atoms with E-state index in [0.717, 1.165) is 53.3 Å². The average molecular weight is 785 g/mol. The number of hydrogen-bond donors (Lipinski definition) is 1. The first-order valence-corrected chi connectivity index (χ1v) is 19.0. The quantitative estimate of drug-likeness (QED) is 0.145. The second-order valence-corrected chi connectivity index (χ2v) is 16.1. The van der Waals surface area contributed by atoms with Crippen molar-refractivity contribution < 1.29 is 40.6 Å². The number of anilines is 2. The van der Waals surface area contributed by atoms with Crippen molar-refractivity contribution in [2.75, 3.05) is 75.4 Å². The standard InChI is InChI=1S/C39H42F6N8O3/c1-3-30(54)53-18-37(19-53)8-10-50(11-9-37)35-27-12-26(23-5-6-23)32(31-22(2)4-7-29-28(31)13-46-49-29)34(56-21-39(43,44)45)33(27)47-36(48-35)52-14-24(15-52)51-16-25(17-51)55-20-38(40,41)42/h3-4,7,12-13,23-25H,1,5-6,8-11,14-21H2,2H3,(H,46,49). The SMILES string of the molecule is C=CC(=O)N1CC2(CCN(c3nc(N4CC(N5CC(OCC(F)(F)F)C5)C4)nc4c(OCC(F)(F)F)c(-c5c(C)ccc6[nH]ncc56)c(C5CC5)cc34)CC2)C1. The summed E-state index contributed by atoms with van der Waals surface area (Å²) in [5.41, 5.74) is 4.08. The number of carbonyl (C=O) groups excluding carboxylic acids is 1. The zero-order valence-electron chi connectivity index (χ0n) is 30.8. The normalized spacial score (nSPS) is 20.7. The highest BCUT2D eigenvalue weighted by atomic mass is 19.4. The lowest BCUT2D eigenvalue weighted by molar-refractivity contribution is -0.202. The molecule has 5 fully saturated rings. The molecular weight excluding hydrogens is 742 g/mol. The molecule has 4 saturated heterocycles. The van der Waals surface area contributed by atoms with E-state index >= 15 is 0 Å². The van der Waals surface area contributed by atoms with E-state index in [9.17, 15) is 31.1 Å². The maximum absolute atomic E-state index is 14.1. The van der Waals surface area contributed by atoms with Gasteiger partial charge in [-0.25, -0.2) is 4.98 Å². The van der Waals surface area contributed by atoms with Crippen LogP contribution in [-0.4, -0.2) is 126 Å². The summed E-state index contributed by atoms with van der Waals surface area (Å²) < 4.78 is 91.3. The van der Waals surface area contributed by atoms with Crippen LogP contribution < -0.4 is 14.5 Å². The molecule has 6 heterocycles. The first kappa shape index (κ1) is 37.0. The Morgan fingerprint density at radius 2 is 1.68 bits per heavy atom. The van der Waals surface area contributed by atoms with Gasteiger partial charge in [-0.15, -0.1) is 0 Å². The van der Waals surface area contributed by atoms with E-state index in [1.807, 2.05) is 24.0 Å². The number of nitrogens with zero attached hydrogens (tertiary/aromatic N) is 7. The zero-order chi connectivity index (χ0) is 39.1. The van der Waals surface area contributed by atoms with E-state index in [4.69, 9.17) is 19.4 Å². The van der Waals surface area contributed by atoms with Crippen molar-refractivity contribution in [3.8, 4) is 16.9 Å². The zero-order valence-corrected chi connectivity index (χ0v) is 30.8. The van der Waals surface area contributed by atoms with Gasteiger partial charge in [0.2, 0.25) is 11.9 Å². The third-order valence-corrected chi connectivity index (χ3v) is 12.1. The first-order valence-electron chi connectivity index (χ1n) is 19.0. The summed E-state index contributed by atoms with van der Waals surface area (Å²) in [6, 6.07) is 5.91. The number of aromatic amines is 1. The molecule has 1 amide bonds. The molecule has 17 heteroatoms. The number of halogens is 6. The number of amides is 1. The third-order valence-electron chi connectivity index (χ3n) is 12.1. The molecule has 9 rings (SSSR count). The van der Waals surface area contributed by atoms with E-state index in [1.54, 1.807) is 11.1 Å². The van der Waals surface area contributed by atoms with Gasteiger partial charge in [0.25, 0.3) is 0 Å². The maximum Gasteiger partial charge on any atom is 0.422 e. The third kappa shape index (κ3) is 6.90. The average Bonchev–Trinajstić information content (AvgIpc) is 3.84. The van der Waals surface area contributed by atoms with Crippen LogP contribution in [0.15, 0.2) is 37.1 Å². The molecule has 11 nitrogen and oxygen atoms in total. The maximum atomic E-state index is 14.1. The molecule has 56 heavy (non-hydrogen) atoms. The fraction of sp³-hybridized carbons (Fsp3) is 0.538. The molecule has 1 N–H and O–H groups in total. The van der Waals surface area contributed by atoms with E-state index in [2.05, 4.69) is 32.6 Å². The number of ether oxygens (including phenoxy) is 2. The highest BCUT2D eigenvalue weighted by molar-refractivity contribution is 6.06. The molecule has 0 bridgehead atoms. The predicted octanol–water partition coefficient (Wildman–Crippen LogP) is 6.37. The Kier molecular flexibility index (Phi) is 8.91. The predicted molar refractivity (Wildman–Crippen MR) is 197 cm³/mol. The largest absolute Gasteiger partial charge is 0.481 e. The second kappa shape index (κ2) is 13.5. The van der Waals surface area contributed by atoms with Crippen LogP contribution in [0.3, 0.4) is 0 Å². The van der Waals surface area contributed by atoms with Crippen molar-refractivity contribution in [3.63, 3.8) is 0 Å². The summed E-state index contributed by atoms with van der Waals surface area (Å²) >= 11 is 0. The van der Waals surface area contributed by atoms with E-state index in [1.165, 1.54) is 6.08 Å². The van der Waals surface area contributed by atoms with Crippen molar-refractivity contribution >= 4 is 39.5 Å². The Labute approximate surface area is 318 Å². The minimum atomic E-state index is -4.62. The summed E-state index contributed by atoms with van der Waals surface area (Å²) in [5, 5.41) is 8.63. The lowest BCUT2D eigenvalue weighted by Crippen LogP contribution is -2.67. The van der Waals surface area contributed by atoms with Gasteiger partial charge >= 0.3 is 12.4 Å². The van der Waals surface area contributed by atoms with Crippen LogP contribution in [-0.2, 0) is 9.53 Å². The molecule has 1 saturated carbocycles. The van der Waals surface area contributed by atoms with Crippen molar-refractivity contribution in [3.05, 3.63) is 48.2 Å². The number of carbonyl (C=O) groups is 1. The van der Waals surface area contributed by atoms with Crippen LogP contribution in [0.25, 0.3) is 32.9 Å². The van der Waals surface area contributed by atoms with Gasteiger partial charge < -0.3 is 24.2 Å². The van der Waals surface area contributed by atoms with Crippen LogP contribution in [0.2, 0.25) is 0 Å². The summed E-state index contributed by atoms with van der Waals surface area (Å²) in [6.45, 7) is 7.05. The number of nitrogens with one attached hydrogen (secondary N) is 1. The van der Waals surface area contributed by atoms with Gasteiger partial charge in [0, 0.05) is 80.2 Å². The van der Waals surface area contributed by atoms with Crippen molar-refractivity contribution in [2.24, 2.45) is 5.41 Å². The molecule has 4 aliphatic heterocycles. The van der Waals surface area contributed by atoms with Crippen LogP contribution in [0.5, 0.6) is 5.75 Å². The Hall–Kier alpha value is -4.64. The molecular formula is C39H42F6N8O3. The van der Waals surface area contributed by atoms with Crippen molar-refractivity contribution in [1.82, 2.24) is 30.0 Å². The topological polar surface area (TPSA) is 103 Å². The van der Waals surface area contributed by atoms with E-state index < -0.39 is 31.7 Å². The molecule has 5 aliphatic rings. The molecule has 1 spiro atoms. The van der Waals surface area contributed by atoms with Gasteiger partial charge in [-0.3, -0.25) is 14.8 Å². The van der Waals surface area contributed by atoms with Gasteiger partial charge in [0.15, 0.2) is 12.4 Å². The number of piperidine rings is 1. The number of aromatic nitrogens is 4. The Balaban J connectivity index is 1.11. The van der Waals surface area contributed by atoms with Gasteiger partial charge in [-0.2, -0.15) is 36.4 Å². The molecule has 2 aromatic carbocycles. The van der Waals surface area contributed by atoms with Crippen LogP contribution in [0, 0.1) is 12.3 Å². The number of hydrogen-bond acceptors (Lipinski definition) is 9. The van der Waals surface area contributed by atoms with Gasteiger partial charge in [0.05, 0.1) is 17.8 Å². The number of likely N-dealkylation sites (tertiary alicyclic amines) is 2. The fourth-order valence-electron chi connectivity index (χ4n) is 8.83. The number of benzene rings is 2. The molecule has 4 aromatic rings. The smallest absolute Gasteiger partial charge is 0.422 e. The minimum Gasteiger partial charge on any atom is -0.481 e. The fourth-order valence-corrected chi connectivity index (χ4v) is 8.83. The Morgan fingerprint density at radius 1 is 0.964 bits per heavy atom. The lowest BCUT2D eigenvalue weighted by atomic mass is 9.72. The van der Waals surface area contributed by atoms with Crippen LogP contribution in [0.4, 0.5) is 38.1 Å². The molecule has 0 unspecified atom stereocenters. The van der Waals surface area contributed by atoms with Gasteiger partial charge in [-0.05, 0) is 73.4 Å². The molecule has 298 valence electrons. The summed E-state index contributed by atoms with van der Waals surface area (Å²) in [5.74, 6) is 1.05. The molecule has 0 radical (unpaired) electrons. The van der Waals surface area contributed by atoms with Crippen LogP contribution >= 0.6 is 0 Å². The summed E-state index contributed by atoms with van der Waals surface area (Å²) in [4.78, 5) is 30.4. The highest BCUT2D eigenvalue weighted by Gasteiger charge is 2.47. The van der Waals surface area contributed by atoms with Gasteiger partial charge in [-0.1, -0.05) is 12.6 Å². The molecule has 2 aromatic heterocycles. The van der Waals surface area contributed by atoms with Crippen molar-refractivity contribution in [1.29, 1.82) is 0 Å². The monoisotopic (exact) mass is 784 g/mol. The first-order chi connectivity index (χ1) is 26.7. The highest BCUT2D eigenvalue weighted by Crippen LogP contribution is 2.53. The minimum absolute atomic E-state index is 0.0153. The van der Waals surface area contributed by atoms with Crippen molar-refractivity contribution in [2.45, 2.75) is 63.0 Å².